The van der Waals surface area contributed by atoms with Crippen LogP contribution in [0.3, 0.4) is 0 Å². The van der Waals surface area contributed by atoms with Gasteiger partial charge in [-0.2, -0.15) is 0 Å². The smallest absolute Gasteiger partial charge is 0.0491 e. The Bertz CT molecular complexity index is 1100. The van der Waals surface area contributed by atoms with Crippen molar-refractivity contribution in [1.82, 2.24) is 0 Å². The van der Waals surface area contributed by atoms with E-state index in [2.05, 4.69) is 119 Å². The van der Waals surface area contributed by atoms with Crippen LogP contribution in [0, 0.1) is 0 Å². The summed E-state index contributed by atoms with van der Waals surface area (Å²) in [4.78, 5) is 0. The zero-order chi connectivity index (χ0) is 27.4. The number of rotatable bonds is 2. The first-order valence-corrected chi connectivity index (χ1v) is 13.8. The summed E-state index contributed by atoms with van der Waals surface area (Å²) in [6, 6.07) is 17.8. The van der Waals surface area contributed by atoms with Crippen molar-refractivity contribution >= 4 is 23.2 Å². The van der Waals surface area contributed by atoms with Crippen LogP contribution < -0.4 is 0 Å². The van der Waals surface area contributed by atoms with E-state index >= 15 is 0 Å². The van der Waals surface area contributed by atoms with E-state index in [0.717, 1.165) is 32.3 Å². The van der Waals surface area contributed by atoms with E-state index in [-0.39, 0.29) is 21.7 Å². The largest absolute Gasteiger partial charge is 0.0836 e. The third-order valence-electron chi connectivity index (χ3n) is 7.01. The van der Waals surface area contributed by atoms with Gasteiger partial charge in [-0.05, 0) is 67.2 Å². The first kappa shape index (κ1) is 28.8. The lowest BCUT2D eigenvalue weighted by molar-refractivity contribution is 0.568. The lowest BCUT2D eigenvalue weighted by Crippen LogP contribution is -2.16. The molecule has 2 heteroatoms. The maximum absolute atomic E-state index is 7.02. The summed E-state index contributed by atoms with van der Waals surface area (Å²) in [5, 5.41) is 1.44. The van der Waals surface area contributed by atoms with Gasteiger partial charge in [0.15, 0.2) is 0 Å². The molecule has 0 saturated heterocycles. The molecule has 0 aliphatic heterocycles. The van der Waals surface area contributed by atoms with E-state index < -0.39 is 0 Å². The van der Waals surface area contributed by atoms with Crippen LogP contribution in [0.25, 0.3) is 22.3 Å². The monoisotopic (exact) mass is 522 g/mol. The Morgan fingerprint density at radius 2 is 0.583 bits per heavy atom. The Morgan fingerprint density at radius 1 is 0.361 bits per heavy atom. The van der Waals surface area contributed by atoms with Crippen molar-refractivity contribution in [3.8, 4) is 22.3 Å². The molecular weight excluding hydrogens is 479 g/mol. The Hall–Kier alpha value is -1.76. The Kier molecular flexibility index (Phi) is 7.62. The highest BCUT2D eigenvalue weighted by Crippen LogP contribution is 2.42. The van der Waals surface area contributed by atoms with E-state index in [1.807, 2.05) is 12.1 Å². The third-order valence-corrected chi connectivity index (χ3v) is 7.63. The van der Waals surface area contributed by atoms with Crippen LogP contribution in [0.5, 0.6) is 0 Å². The second-order valence-electron chi connectivity index (χ2n) is 14.4. The predicted molar refractivity (Wildman–Crippen MR) is 162 cm³/mol. The van der Waals surface area contributed by atoms with Gasteiger partial charge in [0.2, 0.25) is 0 Å². The summed E-state index contributed by atoms with van der Waals surface area (Å²) in [6.07, 6.45) is 0. The van der Waals surface area contributed by atoms with Crippen molar-refractivity contribution in [3.63, 3.8) is 0 Å². The molecule has 0 saturated carbocycles. The average Bonchev–Trinajstić information content (AvgIpc) is 2.72. The highest BCUT2D eigenvalue weighted by Gasteiger charge is 2.24. The maximum atomic E-state index is 7.02. The minimum absolute atomic E-state index is 0.0307. The fourth-order valence-corrected chi connectivity index (χ4v) is 4.83. The van der Waals surface area contributed by atoms with Crippen molar-refractivity contribution in [3.05, 3.63) is 80.8 Å². The molecule has 0 aliphatic carbocycles. The zero-order valence-corrected chi connectivity index (χ0v) is 25.9. The summed E-state index contributed by atoms with van der Waals surface area (Å²) in [7, 11) is 0. The molecule has 0 bridgehead atoms. The van der Waals surface area contributed by atoms with Crippen LogP contribution >= 0.6 is 23.2 Å². The van der Waals surface area contributed by atoms with Crippen molar-refractivity contribution in [2.45, 2.75) is 105 Å². The molecule has 0 N–H and O–H groups in total. The molecule has 0 fully saturated rings. The average molecular weight is 524 g/mol. The maximum Gasteiger partial charge on any atom is 0.0491 e. The van der Waals surface area contributed by atoms with Gasteiger partial charge >= 0.3 is 0 Å². The van der Waals surface area contributed by atoms with Gasteiger partial charge in [-0.25, -0.2) is 0 Å². The number of benzene rings is 3. The normalized spacial score (nSPS) is 13.3. The predicted octanol–water partition coefficient (Wildman–Crippen LogP) is 11.5. The first-order valence-electron chi connectivity index (χ1n) is 13.0. The van der Waals surface area contributed by atoms with Crippen molar-refractivity contribution in [2.24, 2.45) is 0 Å². The molecule has 3 aromatic rings. The molecule has 0 amide bonds. The Morgan fingerprint density at radius 3 is 0.778 bits per heavy atom. The lowest BCUT2D eigenvalue weighted by atomic mass is 9.78. The van der Waals surface area contributed by atoms with E-state index in [1.54, 1.807) is 0 Å². The van der Waals surface area contributed by atoms with Crippen LogP contribution in [0.4, 0.5) is 0 Å². The fraction of sp³-hybridized carbons (Fsp3) is 0.471. The van der Waals surface area contributed by atoms with Crippen LogP contribution in [-0.2, 0) is 21.7 Å². The topological polar surface area (TPSA) is 0 Å². The van der Waals surface area contributed by atoms with Crippen molar-refractivity contribution in [1.29, 1.82) is 0 Å². The van der Waals surface area contributed by atoms with E-state index in [0.29, 0.717) is 0 Å². The van der Waals surface area contributed by atoms with Gasteiger partial charge in [-0.3, -0.25) is 0 Å². The zero-order valence-electron chi connectivity index (χ0n) is 24.4. The van der Waals surface area contributed by atoms with E-state index in [4.69, 9.17) is 23.2 Å². The van der Waals surface area contributed by atoms with Gasteiger partial charge in [-0.15, -0.1) is 0 Å². The standard InChI is InChI=1S/C34H44Cl2/c1-31(2,3)23-13-21(14-24(17-23)32(4,5)6)27-19-30(36)28(20-29(27)35)22-15-25(33(7,8)9)18-26(16-22)34(10,11)12/h13-20H,1-12H3. The summed E-state index contributed by atoms with van der Waals surface area (Å²) in [6.45, 7) is 27.1. The molecule has 0 unspecified atom stereocenters. The minimum Gasteiger partial charge on any atom is -0.0836 e. The van der Waals surface area contributed by atoms with E-state index in [1.165, 1.54) is 22.3 Å². The van der Waals surface area contributed by atoms with Crippen LogP contribution in [0.2, 0.25) is 10.0 Å². The van der Waals surface area contributed by atoms with Gasteiger partial charge in [0.1, 0.15) is 0 Å². The van der Waals surface area contributed by atoms with E-state index in [9.17, 15) is 0 Å². The summed E-state index contributed by atoms with van der Waals surface area (Å²) in [5.41, 5.74) is 9.51. The molecule has 3 rings (SSSR count). The number of hydrogen-bond acceptors (Lipinski definition) is 0. The SMILES string of the molecule is CC(C)(C)c1cc(-c2cc(Cl)c(-c3cc(C(C)(C)C)cc(C(C)(C)C)c3)cc2Cl)cc(C(C)(C)C)c1. The van der Waals surface area contributed by atoms with Gasteiger partial charge < -0.3 is 0 Å². The second-order valence-corrected chi connectivity index (χ2v) is 15.2. The molecule has 0 heterocycles. The molecule has 0 radical (unpaired) electrons. The molecule has 0 aliphatic rings. The molecule has 0 nitrogen and oxygen atoms in total. The number of halogens is 2. The van der Waals surface area contributed by atoms with Gasteiger partial charge in [0.05, 0.1) is 0 Å². The van der Waals surface area contributed by atoms with Crippen molar-refractivity contribution in [2.75, 3.05) is 0 Å². The Balaban J connectivity index is 2.25. The Labute approximate surface area is 230 Å². The molecular formula is C34H44Cl2. The minimum atomic E-state index is 0.0307. The second kappa shape index (κ2) is 9.52. The molecule has 0 aromatic heterocycles. The summed E-state index contributed by atoms with van der Waals surface area (Å²) < 4.78 is 0. The van der Waals surface area contributed by atoms with Gasteiger partial charge in [-0.1, -0.05) is 143 Å². The van der Waals surface area contributed by atoms with Crippen LogP contribution in [0.1, 0.15) is 105 Å². The third kappa shape index (κ3) is 6.38. The molecule has 36 heavy (non-hydrogen) atoms. The fourth-order valence-electron chi connectivity index (χ4n) is 4.29. The highest BCUT2D eigenvalue weighted by atomic mass is 35.5. The first-order chi connectivity index (χ1) is 16.2. The van der Waals surface area contributed by atoms with Gasteiger partial charge in [0, 0.05) is 21.2 Å². The quantitative estimate of drug-likeness (QED) is 0.313. The lowest BCUT2D eigenvalue weighted by Gasteiger charge is -2.27. The summed E-state index contributed by atoms with van der Waals surface area (Å²) >= 11 is 14.0. The molecule has 0 atom stereocenters. The molecule has 194 valence electrons. The molecule has 0 spiro atoms. The molecule has 3 aromatic carbocycles. The highest BCUT2D eigenvalue weighted by molar-refractivity contribution is 6.37. The number of hydrogen-bond donors (Lipinski definition) is 0. The van der Waals surface area contributed by atoms with Gasteiger partial charge in [0.25, 0.3) is 0 Å². The van der Waals surface area contributed by atoms with Crippen molar-refractivity contribution < 1.29 is 0 Å². The summed E-state index contributed by atoms with van der Waals surface area (Å²) in [5.74, 6) is 0. The van der Waals surface area contributed by atoms with Crippen LogP contribution in [0.15, 0.2) is 48.5 Å². The van der Waals surface area contributed by atoms with Crippen LogP contribution in [-0.4, -0.2) is 0 Å².